The van der Waals surface area contributed by atoms with Crippen LogP contribution in [0.25, 0.3) is 0 Å². The highest BCUT2D eigenvalue weighted by Crippen LogP contribution is 2.57. The van der Waals surface area contributed by atoms with E-state index in [4.69, 9.17) is 13.7 Å². The number of ether oxygens (including phenoxy) is 2. The monoisotopic (exact) mass is 312 g/mol. The Hall–Kier alpha value is -0.950. The van der Waals surface area contributed by atoms with Gasteiger partial charge in [0.05, 0.1) is 24.7 Å². The number of benzene rings is 1. The molecule has 0 amide bonds. The second-order valence-electron chi connectivity index (χ2n) is 5.95. The maximum absolute atomic E-state index is 12.2. The van der Waals surface area contributed by atoms with Gasteiger partial charge < -0.3 is 9.47 Å². The van der Waals surface area contributed by atoms with E-state index >= 15 is 0 Å². The minimum atomic E-state index is -3.74. The third kappa shape index (κ3) is 2.73. The van der Waals surface area contributed by atoms with Gasteiger partial charge in [0.2, 0.25) is 0 Å². The van der Waals surface area contributed by atoms with Crippen LogP contribution >= 0.6 is 0 Å². The first kappa shape index (κ1) is 15.0. The summed E-state index contributed by atoms with van der Waals surface area (Å²) in [7, 11) is -3.74. The van der Waals surface area contributed by atoms with Crippen molar-refractivity contribution in [2.45, 2.75) is 37.4 Å². The molecule has 1 saturated heterocycles. The summed E-state index contributed by atoms with van der Waals surface area (Å²) in [6.45, 7) is 4.96. The Kier molecular flexibility index (Phi) is 3.60. The van der Waals surface area contributed by atoms with Crippen LogP contribution < -0.4 is 0 Å². The van der Waals surface area contributed by atoms with Crippen molar-refractivity contribution in [1.29, 1.82) is 0 Å². The van der Waals surface area contributed by atoms with Crippen LogP contribution in [0.1, 0.15) is 25.3 Å². The fraction of sp³-hybridized carbons (Fsp3) is 0.600. The van der Waals surface area contributed by atoms with E-state index in [1.807, 2.05) is 13.8 Å². The summed E-state index contributed by atoms with van der Waals surface area (Å²) in [5, 5.41) is 0. The molecular formula is C15H20O5S. The quantitative estimate of drug-likeness (QED) is 0.780. The van der Waals surface area contributed by atoms with Crippen molar-refractivity contribution in [3.8, 4) is 0 Å². The lowest BCUT2D eigenvalue weighted by atomic mass is 9.98. The molecular weight excluding hydrogens is 292 g/mol. The number of rotatable bonds is 5. The van der Waals surface area contributed by atoms with Crippen molar-refractivity contribution in [1.82, 2.24) is 0 Å². The molecule has 2 fully saturated rings. The Bertz CT molecular complexity index is 610. The normalized spacial score (nSPS) is 23.1. The van der Waals surface area contributed by atoms with Crippen LogP contribution in [0.15, 0.2) is 29.2 Å². The van der Waals surface area contributed by atoms with Gasteiger partial charge in [0.25, 0.3) is 10.1 Å². The van der Waals surface area contributed by atoms with Crippen molar-refractivity contribution >= 4 is 10.1 Å². The van der Waals surface area contributed by atoms with Crippen LogP contribution in [0.4, 0.5) is 0 Å². The molecule has 1 aromatic carbocycles. The van der Waals surface area contributed by atoms with E-state index in [1.54, 1.807) is 24.3 Å². The summed E-state index contributed by atoms with van der Waals surface area (Å²) in [4.78, 5) is 0.183. The molecule has 0 spiro atoms. The molecule has 2 aliphatic rings. The molecule has 21 heavy (non-hydrogen) atoms. The van der Waals surface area contributed by atoms with Crippen LogP contribution in [0.3, 0.4) is 0 Å². The zero-order valence-electron chi connectivity index (χ0n) is 12.3. The predicted octanol–water partition coefficient (Wildman–Crippen LogP) is 2.24. The predicted molar refractivity (Wildman–Crippen MR) is 76.3 cm³/mol. The zero-order chi connectivity index (χ0) is 15.1. The van der Waals surface area contributed by atoms with E-state index < -0.39 is 15.9 Å². The average Bonchev–Trinajstić information content (AvgIpc) is 3.13. The minimum absolute atomic E-state index is 0.0969. The van der Waals surface area contributed by atoms with Gasteiger partial charge in [-0.25, -0.2) is 0 Å². The summed E-state index contributed by atoms with van der Waals surface area (Å²) in [6.07, 6.45) is 1.71. The first-order chi connectivity index (χ1) is 9.87. The maximum atomic E-state index is 12.2. The van der Waals surface area contributed by atoms with Crippen LogP contribution in [-0.4, -0.2) is 34.0 Å². The largest absolute Gasteiger partial charge is 0.347 e. The summed E-state index contributed by atoms with van der Waals surface area (Å²) in [5.74, 6) is -0.726. The van der Waals surface area contributed by atoms with Gasteiger partial charge in [0, 0.05) is 5.41 Å². The third-order valence-corrected chi connectivity index (χ3v) is 5.73. The van der Waals surface area contributed by atoms with Crippen LogP contribution in [-0.2, 0) is 23.8 Å². The van der Waals surface area contributed by atoms with Crippen molar-refractivity contribution in [3.63, 3.8) is 0 Å². The lowest BCUT2D eigenvalue weighted by Crippen LogP contribution is -2.41. The lowest BCUT2D eigenvalue weighted by molar-refractivity contribution is -0.198. The van der Waals surface area contributed by atoms with Gasteiger partial charge in [-0.1, -0.05) is 17.7 Å². The molecule has 0 unspecified atom stereocenters. The summed E-state index contributed by atoms with van der Waals surface area (Å²) >= 11 is 0. The number of hydrogen-bond donors (Lipinski definition) is 0. The summed E-state index contributed by atoms with van der Waals surface area (Å²) < 4.78 is 41.1. The van der Waals surface area contributed by atoms with E-state index in [2.05, 4.69) is 0 Å². The Morgan fingerprint density at radius 1 is 1.14 bits per heavy atom. The maximum Gasteiger partial charge on any atom is 0.296 e. The highest BCUT2D eigenvalue weighted by atomic mass is 32.2. The van der Waals surface area contributed by atoms with E-state index in [0.29, 0.717) is 13.2 Å². The average molecular weight is 312 g/mol. The Balaban J connectivity index is 1.71. The van der Waals surface area contributed by atoms with E-state index in [-0.39, 0.29) is 16.9 Å². The molecule has 3 rings (SSSR count). The van der Waals surface area contributed by atoms with Gasteiger partial charge in [0.1, 0.15) is 0 Å². The van der Waals surface area contributed by atoms with Gasteiger partial charge in [-0.3, -0.25) is 4.18 Å². The molecule has 1 saturated carbocycles. The molecule has 0 N–H and O–H groups in total. The van der Waals surface area contributed by atoms with Gasteiger partial charge in [-0.2, -0.15) is 8.42 Å². The fourth-order valence-corrected chi connectivity index (χ4v) is 3.65. The second kappa shape index (κ2) is 5.05. The standard InChI is InChI=1S/C15H20O5S/c1-12-3-5-13(6-4-12)21(16,17)20-11-15(7-8-15)14(2)18-9-10-19-14/h3-6H,7-11H2,1-2H3. The van der Waals surface area contributed by atoms with E-state index in [0.717, 1.165) is 18.4 Å². The molecule has 5 nitrogen and oxygen atoms in total. The molecule has 1 heterocycles. The second-order valence-corrected chi connectivity index (χ2v) is 7.57. The Morgan fingerprint density at radius 3 is 2.24 bits per heavy atom. The van der Waals surface area contributed by atoms with E-state index in [1.165, 1.54) is 0 Å². The molecule has 0 atom stereocenters. The number of hydrogen-bond acceptors (Lipinski definition) is 5. The lowest BCUT2D eigenvalue weighted by Gasteiger charge is -2.32. The first-order valence-electron chi connectivity index (χ1n) is 7.11. The molecule has 1 aromatic rings. The molecule has 116 valence electrons. The van der Waals surface area contributed by atoms with Gasteiger partial charge in [-0.15, -0.1) is 0 Å². The van der Waals surface area contributed by atoms with Crippen LogP contribution in [0.2, 0.25) is 0 Å². The topological polar surface area (TPSA) is 61.8 Å². The first-order valence-corrected chi connectivity index (χ1v) is 8.52. The highest BCUT2D eigenvalue weighted by molar-refractivity contribution is 7.86. The summed E-state index contributed by atoms with van der Waals surface area (Å²) in [5.41, 5.74) is 0.661. The van der Waals surface area contributed by atoms with Gasteiger partial charge in [-0.05, 0) is 38.8 Å². The molecule has 1 aliphatic carbocycles. The van der Waals surface area contributed by atoms with Crippen LogP contribution in [0, 0.1) is 12.3 Å². The Labute approximate surface area is 125 Å². The minimum Gasteiger partial charge on any atom is -0.347 e. The molecule has 0 bridgehead atoms. The van der Waals surface area contributed by atoms with Gasteiger partial charge in [0.15, 0.2) is 5.79 Å². The van der Waals surface area contributed by atoms with Crippen LogP contribution in [0.5, 0.6) is 0 Å². The SMILES string of the molecule is Cc1ccc(S(=O)(=O)OCC2(C3(C)OCCO3)CC2)cc1. The fourth-order valence-electron chi connectivity index (χ4n) is 2.66. The van der Waals surface area contributed by atoms with E-state index in [9.17, 15) is 8.42 Å². The third-order valence-electron chi connectivity index (χ3n) is 4.46. The van der Waals surface area contributed by atoms with Crippen molar-refractivity contribution in [3.05, 3.63) is 29.8 Å². The van der Waals surface area contributed by atoms with Crippen molar-refractivity contribution in [2.75, 3.05) is 19.8 Å². The zero-order valence-corrected chi connectivity index (χ0v) is 13.1. The van der Waals surface area contributed by atoms with Gasteiger partial charge >= 0.3 is 0 Å². The highest BCUT2D eigenvalue weighted by Gasteiger charge is 2.61. The molecule has 1 aliphatic heterocycles. The Morgan fingerprint density at radius 2 is 1.71 bits per heavy atom. The van der Waals surface area contributed by atoms with Crippen molar-refractivity contribution in [2.24, 2.45) is 5.41 Å². The summed E-state index contributed by atoms with van der Waals surface area (Å²) in [6, 6.07) is 6.64. The smallest absolute Gasteiger partial charge is 0.296 e. The molecule has 0 radical (unpaired) electrons. The molecule has 6 heteroatoms. The number of aryl methyl sites for hydroxylation is 1. The van der Waals surface area contributed by atoms with Crippen molar-refractivity contribution < 1.29 is 22.1 Å². The molecule has 0 aromatic heterocycles.